The van der Waals surface area contributed by atoms with E-state index in [0.717, 1.165) is 27.5 Å². The highest BCUT2D eigenvalue weighted by Gasteiger charge is 2.21. The molecular formula is C25H25FN2OS. The van der Waals surface area contributed by atoms with Gasteiger partial charge in [0, 0.05) is 10.6 Å². The maximum absolute atomic E-state index is 13.4. The van der Waals surface area contributed by atoms with Crippen LogP contribution in [-0.4, -0.2) is 30.2 Å². The van der Waals surface area contributed by atoms with E-state index < -0.39 is 0 Å². The van der Waals surface area contributed by atoms with Crippen LogP contribution >= 0.6 is 11.8 Å². The molecule has 1 amide bonds. The first-order valence-electron chi connectivity index (χ1n) is 9.71. The molecule has 0 spiro atoms. The lowest BCUT2D eigenvalue weighted by molar-refractivity contribution is -0.117. The highest BCUT2D eigenvalue weighted by molar-refractivity contribution is 7.99. The molecule has 3 aromatic rings. The van der Waals surface area contributed by atoms with Crippen molar-refractivity contribution in [2.45, 2.75) is 10.9 Å². The number of hydrogen-bond acceptors (Lipinski definition) is 3. The van der Waals surface area contributed by atoms with Crippen LogP contribution in [0.1, 0.15) is 17.2 Å². The molecule has 0 bridgehead atoms. The number of nitrogens with zero attached hydrogens (tertiary/aromatic N) is 1. The number of carbonyl (C=O) groups is 1. The van der Waals surface area contributed by atoms with Gasteiger partial charge in [-0.3, -0.25) is 9.69 Å². The van der Waals surface area contributed by atoms with Crippen molar-refractivity contribution < 1.29 is 9.18 Å². The van der Waals surface area contributed by atoms with E-state index in [0.29, 0.717) is 0 Å². The van der Waals surface area contributed by atoms with Crippen LogP contribution < -0.4 is 5.32 Å². The zero-order chi connectivity index (χ0) is 21.3. The minimum atomic E-state index is -0.278. The summed E-state index contributed by atoms with van der Waals surface area (Å²) in [4.78, 5) is 15.8. The molecule has 1 N–H and O–H groups in total. The van der Waals surface area contributed by atoms with Crippen molar-refractivity contribution >= 4 is 23.4 Å². The number of amides is 1. The molecule has 1 atom stereocenters. The topological polar surface area (TPSA) is 32.3 Å². The summed E-state index contributed by atoms with van der Waals surface area (Å²) < 4.78 is 13.4. The smallest absolute Gasteiger partial charge is 0.238 e. The fraction of sp³-hybridized carbons (Fsp3) is 0.160. The average Bonchev–Trinajstić information content (AvgIpc) is 2.75. The van der Waals surface area contributed by atoms with Crippen LogP contribution in [0.15, 0.2) is 96.4 Å². The second-order valence-electron chi connectivity index (χ2n) is 6.92. The number of halogens is 1. The van der Waals surface area contributed by atoms with Crippen LogP contribution in [-0.2, 0) is 4.79 Å². The lowest BCUT2D eigenvalue weighted by Gasteiger charge is -2.28. The van der Waals surface area contributed by atoms with E-state index in [9.17, 15) is 9.18 Å². The van der Waals surface area contributed by atoms with Gasteiger partial charge in [-0.15, -0.1) is 18.3 Å². The summed E-state index contributed by atoms with van der Waals surface area (Å²) in [5.41, 5.74) is 2.77. The number of para-hydroxylation sites is 1. The Morgan fingerprint density at radius 1 is 1.03 bits per heavy atom. The highest BCUT2D eigenvalue weighted by Crippen LogP contribution is 2.29. The number of carbonyl (C=O) groups excluding carboxylic acids is 1. The third-order valence-corrected chi connectivity index (χ3v) is 5.72. The highest BCUT2D eigenvalue weighted by atomic mass is 32.2. The summed E-state index contributed by atoms with van der Waals surface area (Å²) >= 11 is 1.63. The fourth-order valence-corrected chi connectivity index (χ4v) is 4.08. The third-order valence-electron chi connectivity index (χ3n) is 4.65. The van der Waals surface area contributed by atoms with Crippen LogP contribution in [0.3, 0.4) is 0 Å². The average molecular weight is 421 g/mol. The number of benzene rings is 3. The summed E-state index contributed by atoms with van der Waals surface area (Å²) in [6.45, 7) is 3.94. The van der Waals surface area contributed by atoms with E-state index in [4.69, 9.17) is 0 Å². The Labute approximate surface area is 181 Å². The van der Waals surface area contributed by atoms with E-state index in [2.05, 4.69) is 11.9 Å². The molecule has 3 rings (SSSR count). The molecule has 0 aliphatic heterocycles. The predicted octanol–water partition coefficient (Wildman–Crippen LogP) is 5.76. The van der Waals surface area contributed by atoms with Crippen LogP contribution in [0.25, 0.3) is 0 Å². The Kier molecular flexibility index (Phi) is 7.82. The van der Waals surface area contributed by atoms with Crippen LogP contribution in [0.2, 0.25) is 0 Å². The van der Waals surface area contributed by atoms with Crippen molar-refractivity contribution in [3.05, 3.63) is 108 Å². The van der Waals surface area contributed by atoms with Crippen LogP contribution in [0.4, 0.5) is 10.1 Å². The van der Waals surface area contributed by atoms with E-state index in [-0.39, 0.29) is 24.3 Å². The van der Waals surface area contributed by atoms with Crippen molar-refractivity contribution in [1.82, 2.24) is 4.90 Å². The predicted molar refractivity (Wildman–Crippen MR) is 123 cm³/mol. The van der Waals surface area contributed by atoms with Gasteiger partial charge in [0.05, 0.1) is 18.3 Å². The van der Waals surface area contributed by atoms with Gasteiger partial charge < -0.3 is 5.32 Å². The SMILES string of the molecule is C=CCSc1ccccc1NC(=O)CN(C)C(c1ccccc1)c1ccc(F)cc1. The number of nitrogens with one attached hydrogen (secondary N) is 1. The van der Waals surface area contributed by atoms with Crippen LogP contribution in [0.5, 0.6) is 0 Å². The van der Waals surface area contributed by atoms with Gasteiger partial charge in [-0.25, -0.2) is 4.39 Å². The van der Waals surface area contributed by atoms with Crippen molar-refractivity contribution in [3.63, 3.8) is 0 Å². The number of hydrogen-bond donors (Lipinski definition) is 1. The zero-order valence-corrected chi connectivity index (χ0v) is 17.7. The molecule has 0 saturated heterocycles. The number of thioether (sulfide) groups is 1. The Hall–Kier alpha value is -2.89. The van der Waals surface area contributed by atoms with Crippen molar-refractivity contribution in [3.8, 4) is 0 Å². The van der Waals surface area contributed by atoms with E-state index in [1.165, 1.54) is 12.1 Å². The van der Waals surface area contributed by atoms with Gasteiger partial charge >= 0.3 is 0 Å². The molecule has 5 heteroatoms. The maximum atomic E-state index is 13.4. The lowest BCUT2D eigenvalue weighted by Crippen LogP contribution is -2.34. The quantitative estimate of drug-likeness (QED) is 0.353. The molecule has 0 fully saturated rings. The Balaban J connectivity index is 1.77. The molecule has 3 nitrogen and oxygen atoms in total. The van der Waals surface area contributed by atoms with E-state index in [1.54, 1.807) is 23.9 Å². The molecule has 3 aromatic carbocycles. The normalized spacial score (nSPS) is 11.8. The number of anilines is 1. The standard InChI is InChI=1S/C25H25FN2OS/c1-3-17-30-23-12-8-7-11-22(23)27-24(29)18-28(2)25(19-9-5-4-6-10-19)20-13-15-21(26)16-14-20/h3-16,25H,1,17-18H2,2H3,(H,27,29). The minimum Gasteiger partial charge on any atom is -0.324 e. The summed E-state index contributed by atoms with van der Waals surface area (Å²) in [6.07, 6.45) is 1.84. The van der Waals surface area contributed by atoms with Gasteiger partial charge in [0.15, 0.2) is 0 Å². The number of rotatable bonds is 9. The monoisotopic (exact) mass is 420 g/mol. The molecule has 0 heterocycles. The van der Waals surface area contributed by atoms with E-state index in [1.807, 2.05) is 72.6 Å². The van der Waals surface area contributed by atoms with Gasteiger partial charge in [-0.1, -0.05) is 60.7 Å². The molecule has 0 aromatic heterocycles. The Morgan fingerprint density at radius 3 is 2.37 bits per heavy atom. The van der Waals surface area contributed by atoms with Gasteiger partial charge in [0.2, 0.25) is 5.91 Å². The summed E-state index contributed by atoms with van der Waals surface area (Å²) in [5, 5.41) is 3.02. The van der Waals surface area contributed by atoms with Crippen LogP contribution in [0, 0.1) is 5.82 Å². The first kappa shape index (κ1) is 21.8. The first-order valence-corrected chi connectivity index (χ1v) is 10.7. The fourth-order valence-electron chi connectivity index (χ4n) is 3.33. The second kappa shape index (κ2) is 10.8. The Morgan fingerprint density at radius 2 is 1.67 bits per heavy atom. The molecule has 154 valence electrons. The molecule has 0 aliphatic rings. The second-order valence-corrected chi connectivity index (χ2v) is 7.99. The summed E-state index contributed by atoms with van der Waals surface area (Å²) in [6, 6.07) is 23.9. The van der Waals surface area contributed by atoms with Gasteiger partial charge in [0.1, 0.15) is 5.82 Å². The van der Waals surface area contributed by atoms with Gasteiger partial charge in [-0.2, -0.15) is 0 Å². The maximum Gasteiger partial charge on any atom is 0.238 e. The largest absolute Gasteiger partial charge is 0.324 e. The molecule has 1 unspecified atom stereocenters. The van der Waals surface area contributed by atoms with Crippen molar-refractivity contribution in [2.75, 3.05) is 24.7 Å². The molecular weight excluding hydrogens is 395 g/mol. The van der Waals surface area contributed by atoms with Gasteiger partial charge in [-0.05, 0) is 42.4 Å². The lowest BCUT2D eigenvalue weighted by atomic mass is 9.97. The molecule has 30 heavy (non-hydrogen) atoms. The number of likely N-dealkylation sites (N-methyl/N-ethyl adjacent to an activating group) is 1. The van der Waals surface area contributed by atoms with Crippen molar-refractivity contribution in [2.24, 2.45) is 0 Å². The van der Waals surface area contributed by atoms with E-state index >= 15 is 0 Å². The third kappa shape index (κ3) is 5.81. The minimum absolute atomic E-state index is 0.104. The molecule has 0 aliphatic carbocycles. The first-order chi connectivity index (χ1) is 14.6. The van der Waals surface area contributed by atoms with Gasteiger partial charge in [0.25, 0.3) is 0 Å². The molecule has 0 radical (unpaired) electrons. The zero-order valence-electron chi connectivity index (χ0n) is 16.9. The Bertz CT molecular complexity index is 976. The molecule has 0 saturated carbocycles. The summed E-state index contributed by atoms with van der Waals surface area (Å²) in [5.74, 6) is 0.389. The summed E-state index contributed by atoms with van der Waals surface area (Å²) in [7, 11) is 1.90. The van der Waals surface area contributed by atoms with Crippen molar-refractivity contribution in [1.29, 1.82) is 0 Å².